The first-order valence-corrected chi connectivity index (χ1v) is 5.67. The third-order valence-corrected chi connectivity index (χ3v) is 2.52. The van der Waals surface area contributed by atoms with Crippen molar-refractivity contribution in [2.75, 3.05) is 0 Å². The zero-order chi connectivity index (χ0) is 14.0. The number of hydrogen-bond acceptors (Lipinski definition) is 4. The summed E-state index contributed by atoms with van der Waals surface area (Å²) in [6.07, 6.45) is 0. The number of rotatable bonds is 3. The van der Waals surface area contributed by atoms with Crippen molar-refractivity contribution in [1.29, 1.82) is 5.41 Å². The van der Waals surface area contributed by atoms with Crippen LogP contribution in [-0.2, 0) is 0 Å². The number of nitrogens with zero attached hydrogens (tertiary/aromatic N) is 2. The molecule has 0 unspecified atom stereocenters. The van der Waals surface area contributed by atoms with E-state index in [0.717, 1.165) is 0 Å². The average Bonchev–Trinajstić information content (AvgIpc) is 2.34. The van der Waals surface area contributed by atoms with Gasteiger partial charge in [0, 0.05) is 5.69 Å². The second-order valence-electron chi connectivity index (χ2n) is 3.74. The summed E-state index contributed by atoms with van der Waals surface area (Å²) in [6, 6.07) is 5.79. The van der Waals surface area contributed by atoms with Crippen LogP contribution in [0.3, 0.4) is 0 Å². The minimum atomic E-state index is -0.696. The van der Waals surface area contributed by atoms with Crippen LogP contribution >= 0.6 is 11.6 Å². The van der Waals surface area contributed by atoms with Gasteiger partial charge < -0.3 is 10.5 Å². The largest absolute Gasteiger partial charge is 0.421 e. The summed E-state index contributed by atoms with van der Waals surface area (Å²) in [5.74, 6) is -1.01. The monoisotopic (exact) mass is 280 g/mol. The van der Waals surface area contributed by atoms with Crippen molar-refractivity contribution in [1.82, 2.24) is 9.97 Å². The van der Waals surface area contributed by atoms with Crippen molar-refractivity contribution in [3.05, 3.63) is 46.5 Å². The van der Waals surface area contributed by atoms with E-state index in [1.807, 2.05) is 0 Å². The number of nitrogens with two attached hydrogens (primary N) is 1. The van der Waals surface area contributed by atoms with E-state index in [-0.39, 0.29) is 28.3 Å². The third-order valence-electron chi connectivity index (χ3n) is 2.23. The van der Waals surface area contributed by atoms with Crippen LogP contribution in [0.2, 0.25) is 5.02 Å². The average molecular weight is 281 g/mol. The number of nitrogens with one attached hydrogen (secondary N) is 1. The lowest BCUT2D eigenvalue weighted by molar-refractivity contribution is 0.410. The molecule has 1 aromatic heterocycles. The second kappa shape index (κ2) is 5.19. The first-order valence-electron chi connectivity index (χ1n) is 5.29. The first-order chi connectivity index (χ1) is 8.97. The molecule has 0 saturated carbocycles. The Balaban J connectivity index is 2.38. The summed E-state index contributed by atoms with van der Waals surface area (Å²) in [6.45, 7) is 1.69. The van der Waals surface area contributed by atoms with Gasteiger partial charge in [0.2, 0.25) is 0 Å². The van der Waals surface area contributed by atoms with Crippen LogP contribution in [0.1, 0.15) is 11.4 Å². The summed E-state index contributed by atoms with van der Waals surface area (Å²) in [5, 5.41) is 7.26. The molecule has 0 radical (unpaired) electrons. The van der Waals surface area contributed by atoms with E-state index in [9.17, 15) is 4.39 Å². The fraction of sp³-hybridized carbons (Fsp3) is 0.0833. The quantitative estimate of drug-likeness (QED) is 0.668. The Labute approximate surface area is 113 Å². The number of nitrogen functional groups attached to an aromatic ring is 1. The van der Waals surface area contributed by atoms with Crippen LogP contribution in [0, 0.1) is 18.2 Å². The van der Waals surface area contributed by atoms with Crippen molar-refractivity contribution in [3.63, 3.8) is 0 Å². The molecule has 0 aliphatic heterocycles. The summed E-state index contributed by atoms with van der Waals surface area (Å²) in [5.41, 5.74) is 6.11. The smallest absolute Gasteiger partial charge is 0.322 e. The number of aryl methyl sites for hydroxylation is 1. The normalized spacial score (nSPS) is 10.3. The van der Waals surface area contributed by atoms with Gasteiger partial charge >= 0.3 is 6.01 Å². The predicted octanol–water partition coefficient (Wildman–Crippen LogP) is 2.65. The number of hydrogen-bond donors (Lipinski definition) is 2. The minimum absolute atomic E-state index is 0.0584. The molecule has 2 aromatic rings. The van der Waals surface area contributed by atoms with Gasteiger partial charge in [-0.2, -0.15) is 4.98 Å². The fourth-order valence-corrected chi connectivity index (χ4v) is 1.55. The summed E-state index contributed by atoms with van der Waals surface area (Å²) < 4.78 is 18.9. The van der Waals surface area contributed by atoms with E-state index in [2.05, 4.69) is 9.97 Å². The molecular formula is C12H10ClFN4O. The van der Waals surface area contributed by atoms with Gasteiger partial charge in [0.15, 0.2) is 11.6 Å². The first kappa shape index (κ1) is 13.2. The molecule has 0 bridgehead atoms. The van der Waals surface area contributed by atoms with Gasteiger partial charge in [-0.3, -0.25) is 5.41 Å². The second-order valence-corrected chi connectivity index (χ2v) is 4.15. The Morgan fingerprint density at radius 2 is 2.16 bits per heavy atom. The van der Waals surface area contributed by atoms with Gasteiger partial charge in [-0.25, -0.2) is 9.37 Å². The van der Waals surface area contributed by atoms with Gasteiger partial charge in [0.25, 0.3) is 0 Å². The highest BCUT2D eigenvalue weighted by Gasteiger charge is 2.11. The Morgan fingerprint density at radius 1 is 1.42 bits per heavy atom. The molecular weight excluding hydrogens is 271 g/mol. The van der Waals surface area contributed by atoms with E-state index in [1.165, 1.54) is 18.2 Å². The number of ether oxygens (including phenoxy) is 1. The topological polar surface area (TPSA) is 84.9 Å². The van der Waals surface area contributed by atoms with Gasteiger partial charge in [-0.05, 0) is 25.1 Å². The molecule has 0 spiro atoms. The number of benzene rings is 1. The summed E-state index contributed by atoms with van der Waals surface area (Å²) in [7, 11) is 0. The minimum Gasteiger partial charge on any atom is -0.421 e. The highest BCUT2D eigenvalue weighted by atomic mass is 35.5. The molecule has 0 atom stereocenters. The molecule has 2 rings (SSSR count). The molecule has 0 fully saturated rings. The Bertz CT molecular complexity index is 648. The van der Waals surface area contributed by atoms with E-state index in [1.54, 1.807) is 13.0 Å². The van der Waals surface area contributed by atoms with E-state index < -0.39 is 5.82 Å². The molecule has 98 valence electrons. The SMILES string of the molecule is Cc1cc(C(=N)N)nc(Oc2cccc(Cl)c2F)n1. The maximum atomic E-state index is 13.7. The van der Waals surface area contributed by atoms with Crippen LogP contribution in [0.4, 0.5) is 4.39 Å². The van der Waals surface area contributed by atoms with Crippen molar-refractivity contribution in [2.45, 2.75) is 6.92 Å². The van der Waals surface area contributed by atoms with E-state index in [4.69, 9.17) is 27.5 Å². The van der Waals surface area contributed by atoms with Gasteiger partial charge in [0.05, 0.1) is 5.02 Å². The molecule has 1 aromatic carbocycles. The fourth-order valence-electron chi connectivity index (χ4n) is 1.39. The van der Waals surface area contributed by atoms with Crippen molar-refractivity contribution >= 4 is 17.4 Å². The predicted molar refractivity (Wildman–Crippen MR) is 69.3 cm³/mol. The maximum Gasteiger partial charge on any atom is 0.322 e. The molecule has 7 heteroatoms. The maximum absolute atomic E-state index is 13.7. The molecule has 3 N–H and O–H groups in total. The van der Waals surface area contributed by atoms with Crippen molar-refractivity contribution in [3.8, 4) is 11.8 Å². The zero-order valence-electron chi connectivity index (χ0n) is 9.95. The molecule has 0 amide bonds. The van der Waals surface area contributed by atoms with Crippen molar-refractivity contribution in [2.24, 2.45) is 5.73 Å². The van der Waals surface area contributed by atoms with Crippen LogP contribution in [0.5, 0.6) is 11.8 Å². The lowest BCUT2D eigenvalue weighted by Gasteiger charge is -2.07. The number of aromatic nitrogens is 2. The van der Waals surface area contributed by atoms with E-state index in [0.29, 0.717) is 5.69 Å². The van der Waals surface area contributed by atoms with Crippen LogP contribution in [0.25, 0.3) is 0 Å². The Morgan fingerprint density at radius 3 is 2.84 bits per heavy atom. The zero-order valence-corrected chi connectivity index (χ0v) is 10.7. The summed E-state index contributed by atoms with van der Waals surface area (Å²) in [4.78, 5) is 7.89. The molecule has 1 heterocycles. The van der Waals surface area contributed by atoms with Gasteiger partial charge in [-0.1, -0.05) is 17.7 Å². The van der Waals surface area contributed by atoms with Crippen molar-refractivity contribution < 1.29 is 9.13 Å². The third kappa shape index (κ3) is 2.97. The lowest BCUT2D eigenvalue weighted by Crippen LogP contribution is -2.14. The lowest BCUT2D eigenvalue weighted by atomic mass is 10.3. The molecule has 0 aliphatic rings. The van der Waals surface area contributed by atoms with Gasteiger partial charge in [-0.15, -0.1) is 0 Å². The van der Waals surface area contributed by atoms with Gasteiger partial charge in [0.1, 0.15) is 11.5 Å². The van der Waals surface area contributed by atoms with Crippen LogP contribution in [0.15, 0.2) is 24.3 Å². The highest BCUT2D eigenvalue weighted by molar-refractivity contribution is 6.30. The molecule has 19 heavy (non-hydrogen) atoms. The Hall–Kier alpha value is -2.21. The number of halogens is 2. The van der Waals surface area contributed by atoms with E-state index >= 15 is 0 Å². The van der Waals surface area contributed by atoms with Crippen LogP contribution < -0.4 is 10.5 Å². The molecule has 5 nitrogen and oxygen atoms in total. The highest BCUT2D eigenvalue weighted by Crippen LogP contribution is 2.27. The molecule has 0 aliphatic carbocycles. The summed E-state index contributed by atoms with van der Waals surface area (Å²) >= 11 is 5.64. The Kier molecular flexibility index (Phi) is 3.62. The van der Waals surface area contributed by atoms with Crippen LogP contribution in [-0.4, -0.2) is 15.8 Å². The molecule has 0 saturated heterocycles. The standard InChI is InChI=1S/C12H10ClFN4O/c1-6-5-8(11(15)16)18-12(17-6)19-9-4-2-3-7(13)10(9)14/h2-5H,1H3,(H3,15,16). The number of amidine groups is 1.